The van der Waals surface area contributed by atoms with E-state index in [0.717, 1.165) is 16.0 Å². The monoisotopic (exact) mass is 579 g/mol. The van der Waals surface area contributed by atoms with Crippen LogP contribution in [0.5, 0.6) is 5.75 Å². The van der Waals surface area contributed by atoms with Crippen LogP contribution in [-0.2, 0) is 28.9 Å². The highest BCUT2D eigenvalue weighted by atomic mass is 35.5. The lowest BCUT2D eigenvalue weighted by atomic mass is 10.1. The standard InChI is InChI=1S/C16H19N3O5S.C9H10N2O2.ClH/c1-16(2,3)24-15(23)19-6-4-8-9(5-7-19)25-13-10(8)12(20)17-11(18-13)14(21)22;10-4-6-1-2-8-7(3-6)11-9(12)5-13-8;/h4-7H2,1-3H3,(H,21,22)(H,17,18,20);1-3H,4-5,10H2,(H,11,12);1H. The van der Waals surface area contributed by atoms with Crippen LogP contribution in [-0.4, -0.2) is 63.2 Å². The number of carboxylic acids is 1. The fraction of sp³-hybridized carbons (Fsp3) is 0.400. The number of thiophene rings is 1. The molecule has 0 aliphatic carbocycles. The van der Waals surface area contributed by atoms with Crippen molar-refractivity contribution in [1.82, 2.24) is 14.9 Å². The molecule has 2 aliphatic rings. The molecule has 0 spiro atoms. The number of nitrogens with two attached hydrogens (primary N) is 1. The number of rotatable bonds is 2. The predicted molar refractivity (Wildman–Crippen MR) is 148 cm³/mol. The summed E-state index contributed by atoms with van der Waals surface area (Å²) in [7, 11) is 0. The summed E-state index contributed by atoms with van der Waals surface area (Å²) in [6.07, 6.45) is 0.718. The first-order chi connectivity index (χ1) is 17.9. The van der Waals surface area contributed by atoms with E-state index in [-0.39, 0.29) is 36.8 Å². The molecular weight excluding hydrogens is 550 g/mol. The van der Waals surface area contributed by atoms with Gasteiger partial charge in [-0.2, -0.15) is 0 Å². The van der Waals surface area contributed by atoms with E-state index in [4.69, 9.17) is 20.3 Å². The number of aromatic amines is 1. The Morgan fingerprint density at radius 2 is 1.95 bits per heavy atom. The molecule has 2 aliphatic heterocycles. The van der Waals surface area contributed by atoms with E-state index >= 15 is 0 Å². The number of anilines is 1. The van der Waals surface area contributed by atoms with Crippen molar-refractivity contribution in [3.05, 3.63) is 50.4 Å². The van der Waals surface area contributed by atoms with Gasteiger partial charge in [-0.1, -0.05) is 6.07 Å². The van der Waals surface area contributed by atoms with Gasteiger partial charge in [0.2, 0.25) is 5.82 Å². The minimum atomic E-state index is -1.27. The van der Waals surface area contributed by atoms with Gasteiger partial charge in [-0.05, 0) is 56.9 Å². The van der Waals surface area contributed by atoms with Crippen LogP contribution < -0.4 is 21.3 Å². The van der Waals surface area contributed by atoms with Gasteiger partial charge < -0.3 is 35.5 Å². The van der Waals surface area contributed by atoms with Gasteiger partial charge in [0.1, 0.15) is 16.2 Å². The first-order valence-corrected chi connectivity index (χ1v) is 12.8. The van der Waals surface area contributed by atoms with Crippen molar-refractivity contribution in [2.45, 2.75) is 45.8 Å². The van der Waals surface area contributed by atoms with Crippen LogP contribution in [0.15, 0.2) is 23.0 Å². The zero-order valence-corrected chi connectivity index (χ0v) is 23.3. The predicted octanol–water partition coefficient (Wildman–Crippen LogP) is 2.92. The number of amides is 2. The fourth-order valence-corrected chi connectivity index (χ4v) is 5.25. The molecule has 2 amide bonds. The Bertz CT molecular complexity index is 1460. The van der Waals surface area contributed by atoms with E-state index in [1.165, 1.54) is 11.3 Å². The van der Waals surface area contributed by atoms with Crippen molar-refractivity contribution >= 4 is 57.6 Å². The number of aromatic nitrogens is 2. The van der Waals surface area contributed by atoms with Gasteiger partial charge >= 0.3 is 12.1 Å². The lowest BCUT2D eigenvalue weighted by molar-refractivity contribution is -0.118. The molecule has 12 nitrogen and oxygen atoms in total. The summed E-state index contributed by atoms with van der Waals surface area (Å²) in [5.41, 5.74) is 6.98. The number of carbonyl (C=O) groups is 3. The average Bonchev–Trinajstić information content (AvgIpc) is 3.07. The SMILES string of the molecule is CC(C)(C)OC(=O)N1CCc2sc3nc(C(=O)O)[nH]c(=O)c3c2CC1.Cl.NCc1ccc2c(c1)NC(=O)CO2. The molecule has 39 heavy (non-hydrogen) atoms. The Morgan fingerprint density at radius 1 is 1.23 bits per heavy atom. The van der Waals surface area contributed by atoms with Gasteiger partial charge in [-0.3, -0.25) is 9.59 Å². The Morgan fingerprint density at radius 3 is 2.62 bits per heavy atom. The highest BCUT2D eigenvalue weighted by Crippen LogP contribution is 2.31. The third kappa shape index (κ3) is 7.05. The molecule has 5 N–H and O–H groups in total. The summed E-state index contributed by atoms with van der Waals surface area (Å²) in [4.78, 5) is 55.9. The number of hydrogen-bond donors (Lipinski definition) is 4. The van der Waals surface area contributed by atoms with Gasteiger partial charge in [-0.15, -0.1) is 23.7 Å². The van der Waals surface area contributed by atoms with Gasteiger partial charge in [-0.25, -0.2) is 14.6 Å². The van der Waals surface area contributed by atoms with Gasteiger partial charge in [0.25, 0.3) is 11.5 Å². The Balaban J connectivity index is 0.000000253. The number of halogens is 1. The number of carboxylic acid groups (broad SMARTS) is 1. The second-order valence-corrected chi connectivity index (χ2v) is 10.8. The lowest BCUT2D eigenvalue weighted by Crippen LogP contribution is -2.38. The second-order valence-electron chi connectivity index (χ2n) is 9.74. The highest BCUT2D eigenvalue weighted by Gasteiger charge is 2.27. The Kier molecular flexibility index (Phi) is 9.20. The fourth-order valence-electron chi connectivity index (χ4n) is 4.04. The van der Waals surface area contributed by atoms with E-state index in [1.807, 2.05) is 39.0 Å². The third-order valence-corrected chi connectivity index (χ3v) is 6.94. The molecule has 210 valence electrons. The number of benzene rings is 1. The third-order valence-electron chi connectivity index (χ3n) is 5.75. The van der Waals surface area contributed by atoms with Gasteiger partial charge in [0.15, 0.2) is 6.61 Å². The highest BCUT2D eigenvalue weighted by molar-refractivity contribution is 7.18. The first kappa shape index (κ1) is 29.9. The van der Waals surface area contributed by atoms with E-state index in [1.54, 1.807) is 4.90 Å². The van der Waals surface area contributed by atoms with Crippen LogP contribution in [0.25, 0.3) is 10.2 Å². The second kappa shape index (κ2) is 12.0. The van der Waals surface area contributed by atoms with Crippen molar-refractivity contribution in [2.75, 3.05) is 25.0 Å². The van der Waals surface area contributed by atoms with Crippen molar-refractivity contribution in [3.8, 4) is 5.75 Å². The van der Waals surface area contributed by atoms with E-state index in [2.05, 4.69) is 15.3 Å². The smallest absolute Gasteiger partial charge is 0.410 e. The molecular formula is C25H30ClN5O7S. The molecule has 0 saturated heterocycles. The van der Waals surface area contributed by atoms with Crippen molar-refractivity contribution < 1.29 is 29.0 Å². The summed E-state index contributed by atoms with van der Waals surface area (Å²) >= 11 is 1.31. The summed E-state index contributed by atoms with van der Waals surface area (Å²) < 4.78 is 10.6. The van der Waals surface area contributed by atoms with Crippen LogP contribution >= 0.6 is 23.7 Å². The zero-order valence-electron chi connectivity index (χ0n) is 21.7. The maximum absolute atomic E-state index is 12.3. The molecule has 0 atom stereocenters. The minimum absolute atomic E-state index is 0. The molecule has 14 heteroatoms. The number of carbonyl (C=O) groups excluding carboxylic acids is 2. The topological polar surface area (TPSA) is 177 Å². The maximum Gasteiger partial charge on any atom is 0.410 e. The van der Waals surface area contributed by atoms with Gasteiger partial charge in [0.05, 0.1) is 11.1 Å². The first-order valence-electron chi connectivity index (χ1n) is 12.0. The molecule has 0 unspecified atom stereocenters. The summed E-state index contributed by atoms with van der Waals surface area (Å²) in [5.74, 6) is -1.04. The number of fused-ring (bicyclic) bond motifs is 4. The molecule has 5 rings (SSSR count). The Hall–Kier alpha value is -3.68. The van der Waals surface area contributed by atoms with Crippen LogP contribution in [0.3, 0.4) is 0 Å². The quantitative estimate of drug-likeness (QED) is 0.355. The molecule has 3 aromatic rings. The maximum atomic E-state index is 12.3. The molecule has 2 aromatic heterocycles. The van der Waals surface area contributed by atoms with Crippen molar-refractivity contribution in [2.24, 2.45) is 5.73 Å². The normalized spacial score (nSPS) is 14.4. The number of nitrogens with zero attached hydrogens (tertiary/aromatic N) is 2. The van der Waals surface area contributed by atoms with E-state index in [0.29, 0.717) is 54.1 Å². The molecule has 0 radical (unpaired) electrons. The molecule has 4 heterocycles. The number of hydrogen-bond acceptors (Lipinski definition) is 9. The van der Waals surface area contributed by atoms with Crippen molar-refractivity contribution in [1.29, 1.82) is 0 Å². The molecule has 0 saturated carbocycles. The largest absolute Gasteiger partial charge is 0.482 e. The van der Waals surface area contributed by atoms with Gasteiger partial charge in [0, 0.05) is 24.5 Å². The van der Waals surface area contributed by atoms with E-state index in [9.17, 15) is 19.2 Å². The van der Waals surface area contributed by atoms with Crippen LogP contribution in [0, 0.1) is 0 Å². The summed E-state index contributed by atoms with van der Waals surface area (Å²) in [6, 6.07) is 5.53. The number of ether oxygens (including phenoxy) is 2. The number of aromatic carboxylic acids is 1. The zero-order chi connectivity index (χ0) is 27.6. The minimum Gasteiger partial charge on any atom is -0.482 e. The number of nitrogens with one attached hydrogen (secondary N) is 2. The van der Waals surface area contributed by atoms with Crippen LogP contribution in [0.4, 0.5) is 10.5 Å². The molecule has 0 bridgehead atoms. The van der Waals surface area contributed by atoms with E-state index < -0.39 is 17.1 Å². The van der Waals surface area contributed by atoms with Crippen LogP contribution in [0.2, 0.25) is 0 Å². The average molecular weight is 580 g/mol. The molecule has 0 fully saturated rings. The Labute approximate surface area is 233 Å². The molecule has 1 aromatic carbocycles. The summed E-state index contributed by atoms with van der Waals surface area (Å²) in [6.45, 7) is 6.93. The lowest BCUT2D eigenvalue weighted by Gasteiger charge is -2.26. The van der Waals surface area contributed by atoms with Crippen molar-refractivity contribution in [3.63, 3.8) is 0 Å². The summed E-state index contributed by atoms with van der Waals surface area (Å²) in [5, 5.41) is 12.2. The number of H-pyrrole nitrogens is 1. The van der Waals surface area contributed by atoms with Crippen LogP contribution in [0.1, 0.15) is 47.4 Å².